The van der Waals surface area contributed by atoms with E-state index >= 15 is 0 Å². The van der Waals surface area contributed by atoms with E-state index in [0.717, 1.165) is 33.6 Å². The van der Waals surface area contributed by atoms with Gasteiger partial charge in [-0.05, 0) is 76.9 Å². The van der Waals surface area contributed by atoms with Crippen molar-refractivity contribution >= 4 is 11.6 Å². The summed E-state index contributed by atoms with van der Waals surface area (Å²) >= 11 is 6.01. The van der Waals surface area contributed by atoms with Crippen molar-refractivity contribution in [2.75, 3.05) is 0 Å². The maximum Gasteiger partial charge on any atom is 0.368 e. The van der Waals surface area contributed by atoms with Gasteiger partial charge in [0.25, 0.3) is 0 Å². The van der Waals surface area contributed by atoms with E-state index in [2.05, 4.69) is 15.4 Å². The van der Waals surface area contributed by atoms with Crippen LogP contribution >= 0.6 is 11.6 Å². The van der Waals surface area contributed by atoms with Crippen LogP contribution < -0.4 is 10.4 Å². The minimum Gasteiger partial charge on any atom is -0.489 e. The SMILES string of the molecule is Cc1cc(-c2ccnc(Cl)c2)ccc1OCc1c(C)cccc1-n1nnn(C)c1=O. The number of aromatic nitrogens is 5. The summed E-state index contributed by atoms with van der Waals surface area (Å²) in [7, 11) is 1.57. The maximum absolute atomic E-state index is 12.3. The third-order valence-corrected chi connectivity index (χ3v) is 5.15. The van der Waals surface area contributed by atoms with Crippen LogP contribution in [0.25, 0.3) is 16.8 Å². The maximum atomic E-state index is 12.3. The Kier molecular flexibility index (Phi) is 5.37. The van der Waals surface area contributed by atoms with Gasteiger partial charge in [0.2, 0.25) is 0 Å². The van der Waals surface area contributed by atoms with E-state index in [1.807, 2.05) is 62.4 Å². The van der Waals surface area contributed by atoms with Gasteiger partial charge in [0.05, 0.1) is 5.69 Å². The summed E-state index contributed by atoms with van der Waals surface area (Å²) < 4.78 is 8.60. The first kappa shape index (κ1) is 19.8. The van der Waals surface area contributed by atoms with E-state index in [4.69, 9.17) is 16.3 Å². The highest BCUT2D eigenvalue weighted by Gasteiger charge is 2.14. The van der Waals surface area contributed by atoms with Crippen LogP contribution in [0, 0.1) is 13.8 Å². The van der Waals surface area contributed by atoms with Gasteiger partial charge in [-0.25, -0.2) is 9.78 Å². The van der Waals surface area contributed by atoms with Crippen LogP contribution in [0.1, 0.15) is 16.7 Å². The van der Waals surface area contributed by atoms with Crippen molar-refractivity contribution in [2.24, 2.45) is 7.05 Å². The lowest BCUT2D eigenvalue weighted by molar-refractivity contribution is 0.302. The summed E-state index contributed by atoms with van der Waals surface area (Å²) in [5, 5.41) is 8.22. The molecule has 4 aromatic rings. The first-order chi connectivity index (χ1) is 14.4. The predicted octanol–water partition coefficient (Wildman–Crippen LogP) is 3.88. The molecule has 4 rings (SSSR count). The van der Waals surface area contributed by atoms with Gasteiger partial charge < -0.3 is 4.74 Å². The second-order valence-corrected chi connectivity index (χ2v) is 7.39. The van der Waals surface area contributed by atoms with Crippen LogP contribution in [-0.2, 0) is 13.7 Å². The Hall–Kier alpha value is -3.45. The van der Waals surface area contributed by atoms with Crippen LogP contribution in [0.2, 0.25) is 5.15 Å². The molecule has 0 fully saturated rings. The topological polar surface area (TPSA) is 74.8 Å². The van der Waals surface area contributed by atoms with Gasteiger partial charge in [-0.15, -0.1) is 0 Å². The summed E-state index contributed by atoms with van der Waals surface area (Å²) in [4.78, 5) is 16.3. The summed E-state index contributed by atoms with van der Waals surface area (Å²) in [6.07, 6.45) is 1.69. The van der Waals surface area contributed by atoms with E-state index in [0.29, 0.717) is 17.4 Å². The molecule has 0 amide bonds. The molecule has 0 aliphatic rings. The van der Waals surface area contributed by atoms with Crippen molar-refractivity contribution in [3.8, 4) is 22.6 Å². The van der Waals surface area contributed by atoms with Crippen LogP contribution in [-0.4, -0.2) is 24.8 Å². The summed E-state index contributed by atoms with van der Waals surface area (Å²) in [5.41, 5.74) is 5.26. The first-order valence-corrected chi connectivity index (χ1v) is 9.75. The molecule has 0 saturated carbocycles. The van der Waals surface area contributed by atoms with Crippen molar-refractivity contribution in [3.63, 3.8) is 0 Å². The van der Waals surface area contributed by atoms with Crippen molar-refractivity contribution in [1.82, 2.24) is 24.8 Å². The standard InChI is InChI=1S/C22H20ClN5O2/c1-14-5-4-6-19(28-22(29)27(3)25-26-28)18(14)13-30-20-8-7-16(11-15(20)2)17-9-10-24-21(23)12-17/h4-12H,13H2,1-3H3. The zero-order chi connectivity index (χ0) is 21.3. The van der Waals surface area contributed by atoms with Gasteiger partial charge in [-0.1, -0.05) is 29.8 Å². The molecule has 0 radical (unpaired) electrons. The molecule has 0 unspecified atom stereocenters. The molecule has 30 heavy (non-hydrogen) atoms. The zero-order valence-corrected chi connectivity index (χ0v) is 17.6. The number of aryl methyl sites for hydroxylation is 3. The number of halogens is 1. The molecule has 0 saturated heterocycles. The van der Waals surface area contributed by atoms with Crippen molar-refractivity contribution in [1.29, 1.82) is 0 Å². The number of hydrogen-bond acceptors (Lipinski definition) is 5. The third-order valence-electron chi connectivity index (χ3n) is 4.94. The molecule has 8 heteroatoms. The fourth-order valence-corrected chi connectivity index (χ4v) is 3.43. The van der Waals surface area contributed by atoms with Crippen LogP contribution in [0.4, 0.5) is 0 Å². The minimum atomic E-state index is -0.307. The molecule has 152 valence electrons. The van der Waals surface area contributed by atoms with Crippen molar-refractivity contribution in [3.05, 3.63) is 87.1 Å². The molecule has 2 heterocycles. The normalized spacial score (nSPS) is 10.9. The van der Waals surface area contributed by atoms with Gasteiger partial charge in [-0.3, -0.25) is 0 Å². The first-order valence-electron chi connectivity index (χ1n) is 9.37. The number of benzene rings is 2. The Morgan fingerprint density at radius 3 is 2.50 bits per heavy atom. The highest BCUT2D eigenvalue weighted by Crippen LogP contribution is 2.28. The van der Waals surface area contributed by atoms with Crippen molar-refractivity contribution < 1.29 is 4.74 Å². The number of tetrazole rings is 1. The largest absolute Gasteiger partial charge is 0.489 e. The Labute approximate surface area is 178 Å². The average molecular weight is 422 g/mol. The number of hydrogen-bond donors (Lipinski definition) is 0. The molecule has 2 aromatic heterocycles. The van der Waals surface area contributed by atoms with E-state index in [1.165, 1.54) is 9.36 Å². The van der Waals surface area contributed by atoms with Gasteiger partial charge in [0.1, 0.15) is 17.5 Å². The molecule has 0 atom stereocenters. The highest BCUT2D eigenvalue weighted by molar-refractivity contribution is 6.29. The molecule has 2 aromatic carbocycles. The van der Waals surface area contributed by atoms with Crippen LogP contribution in [0.5, 0.6) is 5.75 Å². The lowest BCUT2D eigenvalue weighted by atomic mass is 10.0. The van der Waals surface area contributed by atoms with Gasteiger partial charge >= 0.3 is 5.69 Å². The third kappa shape index (κ3) is 3.84. The Morgan fingerprint density at radius 1 is 1.00 bits per heavy atom. The lowest BCUT2D eigenvalue weighted by Gasteiger charge is -2.15. The zero-order valence-electron chi connectivity index (χ0n) is 16.8. The number of pyridine rings is 1. The fraction of sp³-hybridized carbons (Fsp3) is 0.182. The number of rotatable bonds is 5. The smallest absolute Gasteiger partial charge is 0.368 e. The number of ether oxygens (including phenoxy) is 1. The Bertz CT molecular complexity index is 1280. The molecule has 0 bridgehead atoms. The van der Waals surface area contributed by atoms with E-state index in [1.54, 1.807) is 13.2 Å². The summed E-state index contributed by atoms with van der Waals surface area (Å²) in [5.74, 6) is 0.764. The van der Waals surface area contributed by atoms with Crippen LogP contribution in [0.15, 0.2) is 59.5 Å². The Balaban J connectivity index is 1.61. The molecule has 0 N–H and O–H groups in total. The Morgan fingerprint density at radius 2 is 1.80 bits per heavy atom. The molecule has 0 spiro atoms. The van der Waals surface area contributed by atoms with Gasteiger partial charge in [0, 0.05) is 18.8 Å². The molecular weight excluding hydrogens is 402 g/mol. The van der Waals surface area contributed by atoms with Crippen LogP contribution in [0.3, 0.4) is 0 Å². The van der Waals surface area contributed by atoms with Gasteiger partial charge in [0.15, 0.2) is 0 Å². The molecular formula is C22H20ClN5O2. The summed E-state index contributed by atoms with van der Waals surface area (Å²) in [6.45, 7) is 4.27. The fourth-order valence-electron chi connectivity index (χ4n) is 3.26. The summed E-state index contributed by atoms with van der Waals surface area (Å²) in [6, 6.07) is 15.4. The number of nitrogens with zero attached hydrogens (tertiary/aromatic N) is 5. The lowest BCUT2D eigenvalue weighted by Crippen LogP contribution is -2.23. The minimum absolute atomic E-state index is 0.298. The highest BCUT2D eigenvalue weighted by atomic mass is 35.5. The van der Waals surface area contributed by atoms with E-state index in [9.17, 15) is 4.79 Å². The van der Waals surface area contributed by atoms with Crippen molar-refractivity contribution in [2.45, 2.75) is 20.5 Å². The monoisotopic (exact) mass is 421 g/mol. The molecule has 0 aliphatic heterocycles. The second kappa shape index (κ2) is 8.12. The van der Waals surface area contributed by atoms with E-state index in [-0.39, 0.29) is 5.69 Å². The van der Waals surface area contributed by atoms with Gasteiger partial charge in [-0.2, -0.15) is 9.36 Å². The second-order valence-electron chi connectivity index (χ2n) is 7.01. The van der Waals surface area contributed by atoms with E-state index < -0.39 is 0 Å². The molecule has 0 aliphatic carbocycles. The average Bonchev–Trinajstić information content (AvgIpc) is 3.06. The quantitative estimate of drug-likeness (QED) is 0.457. The molecule has 7 nitrogen and oxygen atoms in total. The predicted molar refractivity (Wildman–Crippen MR) is 115 cm³/mol.